The number of carbonyl (C=O) groups is 2. The minimum absolute atomic E-state index is 0.0596. The number of aryl methyl sites for hydroxylation is 1. The maximum absolute atomic E-state index is 12.4. The van der Waals surface area contributed by atoms with Gasteiger partial charge in [-0.3, -0.25) is 9.59 Å². The van der Waals surface area contributed by atoms with E-state index >= 15 is 0 Å². The first kappa shape index (κ1) is 18.4. The summed E-state index contributed by atoms with van der Waals surface area (Å²) in [7, 11) is 1.60. The summed E-state index contributed by atoms with van der Waals surface area (Å²) in [5, 5.41) is 5.47. The lowest BCUT2D eigenvalue weighted by Crippen LogP contribution is -2.20. The summed E-state index contributed by atoms with van der Waals surface area (Å²) < 4.78 is 2.01. The van der Waals surface area contributed by atoms with Crippen molar-refractivity contribution < 1.29 is 9.59 Å². The monoisotopic (exact) mass is 362 g/mol. The predicted octanol–water partition coefficient (Wildman–Crippen LogP) is 3.03. The molecule has 6 nitrogen and oxygen atoms in total. The number of rotatable bonds is 5. The fraction of sp³-hybridized carbons (Fsp3) is 0.190. The van der Waals surface area contributed by atoms with E-state index in [0.717, 1.165) is 22.6 Å². The second kappa shape index (κ2) is 7.86. The second-order valence-electron chi connectivity index (χ2n) is 6.33. The van der Waals surface area contributed by atoms with Crippen LogP contribution in [0.15, 0.2) is 54.9 Å². The van der Waals surface area contributed by atoms with Gasteiger partial charge < -0.3 is 15.2 Å². The van der Waals surface area contributed by atoms with Crippen LogP contribution < -0.4 is 10.6 Å². The van der Waals surface area contributed by atoms with Crippen molar-refractivity contribution in [2.75, 3.05) is 12.4 Å². The SMILES string of the molecule is CNC(=O)Cc1ccc(C(=O)Nc2ccc(-n3cnc(C)c3C)cc2)cc1. The first-order valence-electron chi connectivity index (χ1n) is 8.70. The van der Waals surface area contributed by atoms with Gasteiger partial charge >= 0.3 is 0 Å². The summed E-state index contributed by atoms with van der Waals surface area (Å²) in [5.74, 6) is -0.250. The molecule has 0 fully saturated rings. The van der Waals surface area contributed by atoms with Gasteiger partial charge in [-0.2, -0.15) is 0 Å². The Hall–Kier alpha value is -3.41. The number of nitrogens with zero attached hydrogens (tertiary/aromatic N) is 2. The molecule has 2 N–H and O–H groups in total. The lowest BCUT2D eigenvalue weighted by molar-refractivity contribution is -0.119. The van der Waals surface area contributed by atoms with E-state index < -0.39 is 0 Å². The van der Waals surface area contributed by atoms with Crippen LogP contribution in [0, 0.1) is 13.8 Å². The molecule has 0 bridgehead atoms. The molecule has 6 heteroatoms. The van der Waals surface area contributed by atoms with E-state index in [9.17, 15) is 9.59 Å². The van der Waals surface area contributed by atoms with Crippen LogP contribution in [0.3, 0.4) is 0 Å². The minimum atomic E-state index is -0.191. The lowest BCUT2D eigenvalue weighted by Gasteiger charge is -2.09. The summed E-state index contributed by atoms with van der Waals surface area (Å²) in [6.07, 6.45) is 2.09. The molecule has 1 aromatic heterocycles. The molecule has 27 heavy (non-hydrogen) atoms. The van der Waals surface area contributed by atoms with Crippen LogP contribution in [0.1, 0.15) is 27.3 Å². The van der Waals surface area contributed by atoms with Gasteiger partial charge in [-0.25, -0.2) is 4.98 Å². The number of amides is 2. The summed E-state index contributed by atoms with van der Waals surface area (Å²) >= 11 is 0. The Bertz CT molecular complexity index is 957. The van der Waals surface area contributed by atoms with Crippen molar-refractivity contribution in [3.8, 4) is 5.69 Å². The zero-order chi connectivity index (χ0) is 19.4. The number of nitrogens with one attached hydrogen (secondary N) is 2. The quantitative estimate of drug-likeness (QED) is 0.732. The molecule has 0 radical (unpaired) electrons. The molecule has 0 aliphatic heterocycles. The molecule has 3 rings (SSSR count). The number of benzene rings is 2. The van der Waals surface area contributed by atoms with Gasteiger partial charge in [0.15, 0.2) is 0 Å². The first-order chi connectivity index (χ1) is 13.0. The Balaban J connectivity index is 1.67. The third-order valence-electron chi connectivity index (χ3n) is 4.51. The normalized spacial score (nSPS) is 10.5. The van der Waals surface area contributed by atoms with E-state index in [0.29, 0.717) is 17.7 Å². The molecule has 2 amide bonds. The highest BCUT2D eigenvalue weighted by Gasteiger charge is 2.08. The highest BCUT2D eigenvalue weighted by atomic mass is 16.2. The van der Waals surface area contributed by atoms with Crippen LogP contribution in [-0.4, -0.2) is 28.4 Å². The predicted molar refractivity (Wildman–Crippen MR) is 105 cm³/mol. The summed E-state index contributed by atoms with van der Waals surface area (Å²) in [6.45, 7) is 3.99. The average Bonchev–Trinajstić information content (AvgIpc) is 3.01. The van der Waals surface area contributed by atoms with Gasteiger partial charge in [-0.1, -0.05) is 12.1 Å². The fourth-order valence-electron chi connectivity index (χ4n) is 2.72. The Morgan fingerprint density at radius 2 is 1.67 bits per heavy atom. The number of carbonyl (C=O) groups excluding carboxylic acids is 2. The van der Waals surface area contributed by atoms with Gasteiger partial charge in [0.05, 0.1) is 18.4 Å². The van der Waals surface area contributed by atoms with Gasteiger partial charge in [0, 0.05) is 29.7 Å². The first-order valence-corrected chi connectivity index (χ1v) is 8.70. The molecule has 0 saturated heterocycles. The number of aromatic nitrogens is 2. The third-order valence-corrected chi connectivity index (χ3v) is 4.51. The van der Waals surface area contributed by atoms with Crippen LogP contribution in [0.5, 0.6) is 0 Å². The molecule has 2 aromatic carbocycles. The van der Waals surface area contributed by atoms with E-state index in [-0.39, 0.29) is 11.8 Å². The standard InChI is InChI=1S/C21H22N4O2/c1-14-15(2)25(13-23-14)19-10-8-18(9-11-19)24-21(27)17-6-4-16(5-7-17)12-20(26)22-3/h4-11,13H,12H2,1-3H3,(H,22,26)(H,24,27). The van der Waals surface area contributed by atoms with Crippen LogP contribution in [0.2, 0.25) is 0 Å². The van der Waals surface area contributed by atoms with Crippen molar-refractivity contribution in [2.45, 2.75) is 20.3 Å². The Labute approximate surface area is 158 Å². The second-order valence-corrected chi connectivity index (χ2v) is 6.33. The van der Waals surface area contributed by atoms with Gasteiger partial charge in [-0.15, -0.1) is 0 Å². The van der Waals surface area contributed by atoms with Crippen molar-refractivity contribution in [3.05, 3.63) is 77.4 Å². The van der Waals surface area contributed by atoms with Crippen LogP contribution >= 0.6 is 0 Å². The van der Waals surface area contributed by atoms with Crippen molar-refractivity contribution in [1.29, 1.82) is 0 Å². The molecule has 3 aromatic rings. The highest BCUT2D eigenvalue weighted by molar-refractivity contribution is 6.04. The zero-order valence-corrected chi connectivity index (χ0v) is 15.6. The van der Waals surface area contributed by atoms with Crippen molar-refractivity contribution in [1.82, 2.24) is 14.9 Å². The van der Waals surface area contributed by atoms with Crippen LogP contribution in [-0.2, 0) is 11.2 Å². The number of likely N-dealkylation sites (N-methyl/N-ethyl adjacent to an activating group) is 1. The molecule has 0 spiro atoms. The Morgan fingerprint density at radius 1 is 1.00 bits per heavy atom. The highest BCUT2D eigenvalue weighted by Crippen LogP contribution is 2.17. The van der Waals surface area contributed by atoms with Crippen molar-refractivity contribution in [2.24, 2.45) is 0 Å². The number of imidazole rings is 1. The maximum Gasteiger partial charge on any atom is 0.255 e. The fourth-order valence-corrected chi connectivity index (χ4v) is 2.72. The number of hydrogen-bond acceptors (Lipinski definition) is 3. The summed E-state index contributed by atoms with van der Waals surface area (Å²) in [5.41, 5.74) is 5.19. The lowest BCUT2D eigenvalue weighted by atomic mass is 10.1. The topological polar surface area (TPSA) is 76.0 Å². The number of anilines is 1. The molecule has 1 heterocycles. The summed E-state index contributed by atoms with van der Waals surface area (Å²) in [6, 6.07) is 14.6. The zero-order valence-electron chi connectivity index (χ0n) is 15.6. The van der Waals surface area contributed by atoms with E-state index in [4.69, 9.17) is 0 Å². The van der Waals surface area contributed by atoms with Crippen LogP contribution in [0.4, 0.5) is 5.69 Å². The molecule has 0 aliphatic carbocycles. The molecule has 0 atom stereocenters. The smallest absolute Gasteiger partial charge is 0.255 e. The number of hydrogen-bond donors (Lipinski definition) is 2. The Morgan fingerprint density at radius 3 is 2.22 bits per heavy atom. The molecule has 0 saturated carbocycles. The van der Waals surface area contributed by atoms with Crippen molar-refractivity contribution >= 4 is 17.5 Å². The molecular weight excluding hydrogens is 340 g/mol. The van der Waals surface area contributed by atoms with Crippen molar-refractivity contribution in [3.63, 3.8) is 0 Å². The van der Waals surface area contributed by atoms with E-state index in [2.05, 4.69) is 15.6 Å². The molecule has 138 valence electrons. The van der Waals surface area contributed by atoms with Gasteiger partial charge in [-0.05, 0) is 55.8 Å². The van der Waals surface area contributed by atoms with Gasteiger partial charge in [0.25, 0.3) is 5.91 Å². The van der Waals surface area contributed by atoms with Gasteiger partial charge in [0.2, 0.25) is 5.91 Å². The maximum atomic E-state index is 12.4. The molecular formula is C21H22N4O2. The average molecular weight is 362 g/mol. The molecule has 0 unspecified atom stereocenters. The Kier molecular flexibility index (Phi) is 5.35. The largest absolute Gasteiger partial charge is 0.359 e. The van der Waals surface area contributed by atoms with E-state index in [1.54, 1.807) is 37.6 Å². The van der Waals surface area contributed by atoms with E-state index in [1.807, 2.05) is 42.7 Å². The third kappa shape index (κ3) is 4.23. The molecule has 0 aliphatic rings. The van der Waals surface area contributed by atoms with Crippen LogP contribution in [0.25, 0.3) is 5.69 Å². The van der Waals surface area contributed by atoms with E-state index in [1.165, 1.54) is 0 Å². The minimum Gasteiger partial charge on any atom is -0.359 e. The summed E-state index contributed by atoms with van der Waals surface area (Å²) in [4.78, 5) is 28.1. The van der Waals surface area contributed by atoms with Gasteiger partial charge in [0.1, 0.15) is 0 Å².